The van der Waals surface area contributed by atoms with Crippen molar-refractivity contribution < 1.29 is 19.2 Å². The number of ether oxygens (including phenoxy) is 1. The highest BCUT2D eigenvalue weighted by Crippen LogP contribution is 2.14. The fourth-order valence-corrected chi connectivity index (χ4v) is 1.05. The number of rotatable bonds is 3. The molecule has 1 N–H and O–H groups in total. The smallest absolute Gasteiger partial charge is 0.342 e. The molecule has 0 radical (unpaired) electrons. The van der Waals surface area contributed by atoms with E-state index in [1.807, 2.05) is 0 Å². The maximum Gasteiger partial charge on any atom is 0.342 e. The van der Waals surface area contributed by atoms with Crippen molar-refractivity contribution >= 4 is 12.2 Å². The Labute approximate surface area is 81.0 Å². The van der Waals surface area contributed by atoms with Crippen LogP contribution in [-0.2, 0) is 4.74 Å². The van der Waals surface area contributed by atoms with Crippen LogP contribution in [0.5, 0.6) is 0 Å². The molecule has 0 aromatic carbocycles. The van der Waals surface area contributed by atoms with Crippen LogP contribution in [0.25, 0.3) is 0 Å². The highest BCUT2D eigenvalue weighted by molar-refractivity contribution is 5.97. The summed E-state index contributed by atoms with van der Waals surface area (Å²) < 4.78 is 9.90. The second-order valence-electron chi connectivity index (χ2n) is 2.60. The van der Waals surface area contributed by atoms with Crippen molar-refractivity contribution in [2.24, 2.45) is 5.16 Å². The molecule has 76 valence electrons. The zero-order valence-corrected chi connectivity index (χ0v) is 7.98. The van der Waals surface area contributed by atoms with Crippen LogP contribution in [0.3, 0.4) is 0 Å². The third kappa shape index (κ3) is 2.12. The summed E-state index contributed by atoms with van der Waals surface area (Å²) in [5.74, 6) is 0.269. The molecule has 14 heavy (non-hydrogen) atoms. The number of furan rings is 1. The largest absolute Gasteiger partial charge is 0.462 e. The van der Waals surface area contributed by atoms with Crippen molar-refractivity contribution in [2.75, 3.05) is 6.61 Å². The molecule has 5 nitrogen and oxygen atoms in total. The molecule has 1 aromatic heterocycles. The van der Waals surface area contributed by atoms with Crippen molar-refractivity contribution in [3.05, 3.63) is 23.2 Å². The first-order valence-electron chi connectivity index (χ1n) is 4.14. The van der Waals surface area contributed by atoms with Gasteiger partial charge in [-0.3, -0.25) is 0 Å². The van der Waals surface area contributed by atoms with Gasteiger partial charge in [-0.25, -0.2) is 4.79 Å². The standard InChI is InChI=1S/C9H11NO4/c1-3-13-9(11)7-4-6(2)14-8(7)5-10-12/h4-5,12H,3H2,1-2H3/b10-5+. The minimum Gasteiger partial charge on any atom is -0.462 e. The zero-order valence-electron chi connectivity index (χ0n) is 7.98. The van der Waals surface area contributed by atoms with Gasteiger partial charge in [0.05, 0.1) is 6.61 Å². The normalized spacial score (nSPS) is 10.7. The molecule has 5 heteroatoms. The van der Waals surface area contributed by atoms with Crippen LogP contribution in [0.15, 0.2) is 15.6 Å². The summed E-state index contributed by atoms with van der Waals surface area (Å²) in [7, 11) is 0. The summed E-state index contributed by atoms with van der Waals surface area (Å²) in [5, 5.41) is 11.1. The van der Waals surface area contributed by atoms with Gasteiger partial charge in [0.15, 0.2) is 5.76 Å². The summed E-state index contributed by atoms with van der Waals surface area (Å²) in [6.45, 7) is 3.70. The van der Waals surface area contributed by atoms with Crippen molar-refractivity contribution in [3.63, 3.8) is 0 Å². The van der Waals surface area contributed by atoms with Crippen molar-refractivity contribution in [3.8, 4) is 0 Å². The Morgan fingerprint density at radius 1 is 1.79 bits per heavy atom. The fourth-order valence-electron chi connectivity index (χ4n) is 1.05. The van der Waals surface area contributed by atoms with Crippen LogP contribution in [0.4, 0.5) is 0 Å². The third-order valence-corrected chi connectivity index (χ3v) is 1.55. The maximum atomic E-state index is 11.3. The van der Waals surface area contributed by atoms with E-state index in [0.29, 0.717) is 12.4 Å². The molecular formula is C9H11NO4. The van der Waals surface area contributed by atoms with Crippen LogP contribution in [-0.4, -0.2) is 24.0 Å². The molecule has 0 saturated heterocycles. The summed E-state index contributed by atoms with van der Waals surface area (Å²) >= 11 is 0. The first-order valence-corrected chi connectivity index (χ1v) is 4.14. The Kier molecular flexibility index (Phi) is 3.28. The monoisotopic (exact) mass is 197 g/mol. The molecule has 0 bridgehead atoms. The molecule has 0 atom stereocenters. The van der Waals surface area contributed by atoms with Gasteiger partial charge in [0.25, 0.3) is 0 Å². The van der Waals surface area contributed by atoms with Gasteiger partial charge in [-0.15, -0.1) is 0 Å². The van der Waals surface area contributed by atoms with Crippen LogP contribution in [0, 0.1) is 6.92 Å². The molecule has 0 unspecified atom stereocenters. The van der Waals surface area contributed by atoms with Gasteiger partial charge in [0, 0.05) is 0 Å². The van der Waals surface area contributed by atoms with E-state index in [-0.39, 0.29) is 11.3 Å². The number of esters is 1. The van der Waals surface area contributed by atoms with E-state index in [0.717, 1.165) is 6.21 Å². The lowest BCUT2D eigenvalue weighted by Crippen LogP contribution is -2.05. The lowest BCUT2D eigenvalue weighted by molar-refractivity contribution is 0.0525. The molecule has 1 aromatic rings. The van der Waals surface area contributed by atoms with E-state index >= 15 is 0 Å². The Morgan fingerprint density at radius 3 is 3.07 bits per heavy atom. The molecule has 0 aliphatic heterocycles. The first kappa shape index (κ1) is 10.3. The first-order chi connectivity index (χ1) is 6.69. The molecule has 0 spiro atoms. The van der Waals surface area contributed by atoms with E-state index in [4.69, 9.17) is 14.4 Å². The minimum absolute atomic E-state index is 0.198. The van der Waals surface area contributed by atoms with E-state index < -0.39 is 5.97 Å². The summed E-state index contributed by atoms with van der Waals surface area (Å²) in [5.41, 5.74) is 0.266. The van der Waals surface area contributed by atoms with Crippen molar-refractivity contribution in [1.82, 2.24) is 0 Å². The predicted molar refractivity (Wildman–Crippen MR) is 48.8 cm³/mol. The van der Waals surface area contributed by atoms with Gasteiger partial charge in [0.1, 0.15) is 17.5 Å². The maximum absolute atomic E-state index is 11.3. The molecular weight excluding hydrogens is 186 g/mol. The average Bonchev–Trinajstić information content (AvgIpc) is 2.48. The van der Waals surface area contributed by atoms with Gasteiger partial charge in [0.2, 0.25) is 0 Å². The lowest BCUT2D eigenvalue weighted by Gasteiger charge is -1.97. The quantitative estimate of drug-likeness (QED) is 0.345. The topological polar surface area (TPSA) is 72.0 Å². The van der Waals surface area contributed by atoms with Gasteiger partial charge >= 0.3 is 5.97 Å². The van der Waals surface area contributed by atoms with Crippen LogP contribution in [0.2, 0.25) is 0 Å². The van der Waals surface area contributed by atoms with Gasteiger partial charge in [-0.2, -0.15) is 0 Å². The highest BCUT2D eigenvalue weighted by atomic mass is 16.5. The molecule has 0 aliphatic rings. The molecule has 0 aliphatic carbocycles. The number of oxime groups is 1. The molecule has 0 saturated carbocycles. The van der Waals surface area contributed by atoms with Gasteiger partial charge < -0.3 is 14.4 Å². The van der Waals surface area contributed by atoms with E-state index in [2.05, 4.69) is 5.16 Å². The van der Waals surface area contributed by atoms with Crippen LogP contribution >= 0.6 is 0 Å². The summed E-state index contributed by atoms with van der Waals surface area (Å²) in [4.78, 5) is 11.3. The van der Waals surface area contributed by atoms with E-state index in [1.165, 1.54) is 6.07 Å². The number of carbonyl (C=O) groups is 1. The van der Waals surface area contributed by atoms with E-state index in [9.17, 15) is 4.79 Å². The Morgan fingerprint density at radius 2 is 2.50 bits per heavy atom. The third-order valence-electron chi connectivity index (χ3n) is 1.55. The number of hydrogen-bond acceptors (Lipinski definition) is 5. The second kappa shape index (κ2) is 4.45. The van der Waals surface area contributed by atoms with Crippen LogP contribution in [0.1, 0.15) is 28.8 Å². The number of aryl methyl sites for hydroxylation is 1. The lowest BCUT2D eigenvalue weighted by atomic mass is 10.2. The Balaban J connectivity index is 3.00. The average molecular weight is 197 g/mol. The number of carbonyl (C=O) groups excluding carboxylic acids is 1. The van der Waals surface area contributed by atoms with E-state index in [1.54, 1.807) is 13.8 Å². The Bertz CT molecular complexity index is 354. The molecule has 0 fully saturated rings. The predicted octanol–water partition coefficient (Wildman–Crippen LogP) is 1.57. The van der Waals surface area contributed by atoms with Gasteiger partial charge in [-0.05, 0) is 19.9 Å². The molecule has 1 heterocycles. The van der Waals surface area contributed by atoms with Crippen LogP contribution < -0.4 is 0 Å². The van der Waals surface area contributed by atoms with Gasteiger partial charge in [-0.1, -0.05) is 5.16 Å². The summed E-state index contributed by atoms with van der Waals surface area (Å²) in [6.07, 6.45) is 1.05. The number of hydrogen-bond donors (Lipinski definition) is 1. The summed E-state index contributed by atoms with van der Waals surface area (Å²) in [6, 6.07) is 1.54. The SMILES string of the molecule is CCOC(=O)c1cc(C)oc1/C=N/O. The van der Waals surface area contributed by atoms with Crippen molar-refractivity contribution in [1.29, 1.82) is 0 Å². The Hall–Kier alpha value is -1.78. The van der Waals surface area contributed by atoms with Crippen molar-refractivity contribution in [2.45, 2.75) is 13.8 Å². The zero-order chi connectivity index (χ0) is 10.6. The molecule has 1 rings (SSSR count). The molecule has 0 amide bonds. The minimum atomic E-state index is -0.487. The number of nitrogens with zero attached hydrogens (tertiary/aromatic N) is 1. The fraction of sp³-hybridized carbons (Fsp3) is 0.333. The highest BCUT2D eigenvalue weighted by Gasteiger charge is 2.16. The second-order valence-corrected chi connectivity index (χ2v) is 2.60.